The van der Waals surface area contributed by atoms with E-state index in [2.05, 4.69) is 4.98 Å². The molecule has 0 bridgehead atoms. The minimum absolute atomic E-state index is 0.159. The zero-order valence-electron chi connectivity index (χ0n) is 12.3. The average Bonchev–Trinajstić information content (AvgIpc) is 2.99. The first-order chi connectivity index (χ1) is 11.0. The lowest BCUT2D eigenvalue weighted by molar-refractivity contribution is 0.0314. The number of Topliss-reactive ketones (excluding diaryl/α,β-unsaturated/α-hetero) is 1. The SMILES string of the molecule is C[C@H](OC(=O)c1cn2ccccc2n1)C(=O)c1ccc(Cl)cc1. The second kappa shape index (κ2) is 6.22. The zero-order chi connectivity index (χ0) is 16.4. The predicted octanol–water partition coefficient (Wildman–Crippen LogP) is 3.42. The molecular weight excluding hydrogens is 316 g/mol. The number of rotatable bonds is 4. The molecule has 116 valence electrons. The number of carbonyl (C=O) groups excluding carboxylic acids is 2. The van der Waals surface area contributed by atoms with Crippen molar-refractivity contribution in [1.82, 2.24) is 9.38 Å². The Morgan fingerprint density at radius 3 is 2.61 bits per heavy atom. The summed E-state index contributed by atoms with van der Waals surface area (Å²) in [6.45, 7) is 1.53. The number of ketones is 1. The highest BCUT2D eigenvalue weighted by molar-refractivity contribution is 6.30. The van der Waals surface area contributed by atoms with Gasteiger partial charge in [-0.25, -0.2) is 9.78 Å². The summed E-state index contributed by atoms with van der Waals surface area (Å²) in [5.41, 5.74) is 1.23. The third kappa shape index (κ3) is 3.24. The van der Waals surface area contributed by atoms with E-state index < -0.39 is 12.1 Å². The summed E-state index contributed by atoms with van der Waals surface area (Å²) in [5.74, 6) is -0.928. The van der Waals surface area contributed by atoms with Crippen LogP contribution in [0.25, 0.3) is 5.65 Å². The fourth-order valence-corrected chi connectivity index (χ4v) is 2.28. The Bertz CT molecular complexity index is 838. The number of ether oxygens (including phenoxy) is 1. The molecule has 0 amide bonds. The van der Waals surface area contributed by atoms with Gasteiger partial charge in [-0.2, -0.15) is 0 Å². The standard InChI is InChI=1S/C17H13ClN2O3/c1-11(16(21)12-5-7-13(18)8-6-12)23-17(22)14-10-20-9-3-2-4-15(20)19-14/h2-11H,1H3/t11-/m0/s1. The average molecular weight is 329 g/mol. The van der Waals surface area contributed by atoms with Crippen molar-refractivity contribution < 1.29 is 14.3 Å². The number of hydrogen-bond acceptors (Lipinski definition) is 4. The van der Waals surface area contributed by atoms with Crippen molar-refractivity contribution in [2.75, 3.05) is 0 Å². The van der Waals surface area contributed by atoms with Crippen LogP contribution in [0.3, 0.4) is 0 Å². The van der Waals surface area contributed by atoms with Gasteiger partial charge in [0.2, 0.25) is 5.78 Å². The summed E-state index contributed by atoms with van der Waals surface area (Å²) in [4.78, 5) is 28.6. The second-order valence-corrected chi connectivity index (χ2v) is 5.45. The lowest BCUT2D eigenvalue weighted by atomic mass is 10.1. The molecule has 0 aliphatic heterocycles. The van der Waals surface area contributed by atoms with E-state index in [4.69, 9.17) is 16.3 Å². The van der Waals surface area contributed by atoms with Crippen LogP contribution in [-0.4, -0.2) is 27.2 Å². The molecule has 0 spiro atoms. The summed E-state index contributed by atoms with van der Waals surface area (Å²) >= 11 is 5.79. The summed E-state index contributed by atoms with van der Waals surface area (Å²) in [6, 6.07) is 11.9. The molecular formula is C17H13ClN2O3. The van der Waals surface area contributed by atoms with Crippen LogP contribution in [0.4, 0.5) is 0 Å². The van der Waals surface area contributed by atoms with Crippen LogP contribution in [0.5, 0.6) is 0 Å². The third-order valence-electron chi connectivity index (χ3n) is 3.35. The van der Waals surface area contributed by atoms with Gasteiger partial charge in [0, 0.05) is 23.0 Å². The molecule has 3 aromatic rings. The number of nitrogens with zero attached hydrogens (tertiary/aromatic N) is 2. The molecule has 2 aromatic heterocycles. The molecule has 0 radical (unpaired) electrons. The quantitative estimate of drug-likeness (QED) is 0.544. The van der Waals surface area contributed by atoms with Crippen molar-refractivity contribution in [3.8, 4) is 0 Å². The van der Waals surface area contributed by atoms with Gasteiger partial charge in [0.15, 0.2) is 11.8 Å². The van der Waals surface area contributed by atoms with Crippen LogP contribution >= 0.6 is 11.6 Å². The Hall–Kier alpha value is -2.66. The smallest absolute Gasteiger partial charge is 0.359 e. The van der Waals surface area contributed by atoms with E-state index >= 15 is 0 Å². The minimum atomic E-state index is -0.909. The maximum absolute atomic E-state index is 12.2. The third-order valence-corrected chi connectivity index (χ3v) is 3.61. The number of fused-ring (bicyclic) bond motifs is 1. The summed E-state index contributed by atoms with van der Waals surface area (Å²) in [7, 11) is 0. The van der Waals surface area contributed by atoms with Crippen molar-refractivity contribution in [3.05, 3.63) is 71.1 Å². The first kappa shape index (κ1) is 15.2. The molecule has 3 rings (SSSR count). The number of aromatic nitrogens is 2. The van der Waals surface area contributed by atoms with Crippen LogP contribution in [0.2, 0.25) is 5.02 Å². The van der Waals surface area contributed by atoms with Gasteiger partial charge >= 0.3 is 5.97 Å². The van der Waals surface area contributed by atoms with Crippen molar-refractivity contribution in [2.24, 2.45) is 0 Å². The van der Waals surface area contributed by atoms with Crippen molar-refractivity contribution in [1.29, 1.82) is 0 Å². The van der Waals surface area contributed by atoms with E-state index in [9.17, 15) is 9.59 Å². The first-order valence-electron chi connectivity index (χ1n) is 6.99. The van der Waals surface area contributed by atoms with E-state index in [1.54, 1.807) is 47.1 Å². The minimum Gasteiger partial charge on any atom is -0.449 e. The molecule has 0 unspecified atom stereocenters. The highest BCUT2D eigenvalue weighted by atomic mass is 35.5. The van der Waals surface area contributed by atoms with Gasteiger partial charge in [-0.3, -0.25) is 4.79 Å². The van der Waals surface area contributed by atoms with E-state index in [1.807, 2.05) is 12.1 Å². The van der Waals surface area contributed by atoms with Crippen LogP contribution in [0.1, 0.15) is 27.8 Å². The maximum atomic E-state index is 12.2. The molecule has 6 heteroatoms. The number of halogens is 1. The highest BCUT2D eigenvalue weighted by Crippen LogP contribution is 2.13. The summed E-state index contributed by atoms with van der Waals surface area (Å²) < 4.78 is 6.93. The molecule has 0 fully saturated rings. The first-order valence-corrected chi connectivity index (χ1v) is 7.37. The number of carbonyl (C=O) groups is 2. The lowest BCUT2D eigenvalue weighted by Crippen LogP contribution is -2.24. The van der Waals surface area contributed by atoms with Gasteiger partial charge < -0.3 is 9.14 Å². The summed E-state index contributed by atoms with van der Waals surface area (Å²) in [5, 5.41) is 0.538. The number of imidazole rings is 1. The normalized spacial score (nSPS) is 12.1. The lowest BCUT2D eigenvalue weighted by Gasteiger charge is -2.11. The molecule has 2 heterocycles. The van der Waals surface area contributed by atoms with E-state index in [1.165, 1.54) is 6.92 Å². The molecule has 0 N–H and O–H groups in total. The van der Waals surface area contributed by atoms with E-state index in [0.717, 1.165) is 0 Å². The maximum Gasteiger partial charge on any atom is 0.359 e. The Balaban J connectivity index is 1.73. The highest BCUT2D eigenvalue weighted by Gasteiger charge is 2.22. The molecule has 5 nitrogen and oxygen atoms in total. The number of pyridine rings is 1. The van der Waals surface area contributed by atoms with Crippen molar-refractivity contribution in [3.63, 3.8) is 0 Å². The molecule has 0 saturated carbocycles. The molecule has 0 aliphatic carbocycles. The Morgan fingerprint density at radius 1 is 1.17 bits per heavy atom. The van der Waals surface area contributed by atoms with Crippen molar-refractivity contribution >= 4 is 29.0 Å². The number of benzene rings is 1. The molecule has 23 heavy (non-hydrogen) atoms. The van der Waals surface area contributed by atoms with Gasteiger partial charge in [0.05, 0.1) is 0 Å². The van der Waals surface area contributed by atoms with E-state index in [0.29, 0.717) is 16.2 Å². The van der Waals surface area contributed by atoms with Gasteiger partial charge in [0.1, 0.15) is 5.65 Å². The van der Waals surface area contributed by atoms with Crippen LogP contribution in [-0.2, 0) is 4.74 Å². The molecule has 0 saturated heterocycles. The van der Waals surface area contributed by atoms with E-state index in [-0.39, 0.29) is 11.5 Å². The van der Waals surface area contributed by atoms with Gasteiger partial charge in [-0.05, 0) is 43.3 Å². The van der Waals surface area contributed by atoms with Crippen LogP contribution in [0, 0.1) is 0 Å². The molecule has 1 atom stereocenters. The van der Waals surface area contributed by atoms with Crippen molar-refractivity contribution in [2.45, 2.75) is 13.0 Å². The summed E-state index contributed by atoms with van der Waals surface area (Å²) in [6.07, 6.45) is 2.44. The van der Waals surface area contributed by atoms with Gasteiger partial charge in [-0.15, -0.1) is 0 Å². The Labute approximate surface area is 137 Å². The fourth-order valence-electron chi connectivity index (χ4n) is 2.16. The number of hydrogen-bond donors (Lipinski definition) is 0. The van der Waals surface area contributed by atoms with Gasteiger partial charge in [-0.1, -0.05) is 17.7 Å². The molecule has 0 aliphatic rings. The zero-order valence-corrected chi connectivity index (χ0v) is 13.0. The second-order valence-electron chi connectivity index (χ2n) is 5.01. The monoisotopic (exact) mass is 328 g/mol. The number of esters is 1. The topological polar surface area (TPSA) is 60.7 Å². The Morgan fingerprint density at radius 2 is 1.91 bits per heavy atom. The molecule has 1 aromatic carbocycles. The Kier molecular flexibility index (Phi) is 4.12. The largest absolute Gasteiger partial charge is 0.449 e. The fraction of sp³-hybridized carbons (Fsp3) is 0.118. The van der Waals surface area contributed by atoms with Crippen LogP contribution < -0.4 is 0 Å². The predicted molar refractivity (Wildman–Crippen MR) is 85.9 cm³/mol. The van der Waals surface area contributed by atoms with Crippen LogP contribution in [0.15, 0.2) is 54.9 Å². The van der Waals surface area contributed by atoms with Gasteiger partial charge in [0.25, 0.3) is 0 Å².